The number of hydrogen-bond acceptors (Lipinski definition) is 2. The molecule has 2 unspecified atom stereocenters. The van der Waals surface area contributed by atoms with Crippen LogP contribution in [-0.2, 0) is 0 Å². The fraction of sp³-hybridized carbons (Fsp3) is 0.929. The average Bonchev–Trinajstić information content (AvgIpc) is 3.04. The molecule has 1 aliphatic carbocycles. The van der Waals surface area contributed by atoms with E-state index in [1.807, 2.05) is 0 Å². The molecule has 2 aliphatic rings. The Morgan fingerprint density at radius 3 is 2.47 bits per heavy atom. The number of halogens is 1. The molecule has 2 N–H and O–H groups in total. The lowest BCUT2D eigenvalue weighted by Gasteiger charge is -2.28. The van der Waals surface area contributed by atoms with Gasteiger partial charge in [0, 0.05) is 19.1 Å². The number of likely N-dealkylation sites (tertiary alicyclic amines) is 1. The molecule has 2 rings (SSSR count). The quantitative estimate of drug-likeness (QED) is 0.445. The summed E-state index contributed by atoms with van der Waals surface area (Å²) in [5.74, 6) is 2.61. The third kappa shape index (κ3) is 5.85. The smallest absolute Gasteiger partial charge is 0.191 e. The van der Waals surface area contributed by atoms with Gasteiger partial charge in [0.1, 0.15) is 0 Å². The van der Waals surface area contributed by atoms with E-state index in [0.29, 0.717) is 6.04 Å². The summed E-state index contributed by atoms with van der Waals surface area (Å²) in [4.78, 5) is 7.16. The van der Waals surface area contributed by atoms with Crippen molar-refractivity contribution in [2.75, 3.05) is 33.2 Å². The van der Waals surface area contributed by atoms with Gasteiger partial charge in [-0.25, -0.2) is 0 Å². The van der Waals surface area contributed by atoms with Crippen LogP contribution in [0.4, 0.5) is 0 Å². The number of piperidine rings is 1. The van der Waals surface area contributed by atoms with Crippen LogP contribution in [0, 0.1) is 11.8 Å². The third-order valence-electron chi connectivity index (χ3n) is 4.12. The molecule has 0 bridgehead atoms. The Labute approximate surface area is 134 Å². The van der Waals surface area contributed by atoms with E-state index in [9.17, 15) is 0 Å². The van der Waals surface area contributed by atoms with Crippen LogP contribution in [0.25, 0.3) is 0 Å². The van der Waals surface area contributed by atoms with E-state index in [1.54, 1.807) is 0 Å². The van der Waals surface area contributed by atoms with Gasteiger partial charge in [0.25, 0.3) is 0 Å². The second-order valence-electron chi connectivity index (χ2n) is 5.93. The summed E-state index contributed by atoms with van der Waals surface area (Å²) in [7, 11) is 2.21. The highest BCUT2D eigenvalue weighted by Gasteiger charge is 2.33. The first-order chi connectivity index (χ1) is 8.69. The molecular weight excluding hydrogens is 351 g/mol. The van der Waals surface area contributed by atoms with Crippen LogP contribution >= 0.6 is 24.0 Å². The van der Waals surface area contributed by atoms with Gasteiger partial charge in [-0.05, 0) is 58.2 Å². The van der Waals surface area contributed by atoms with Gasteiger partial charge < -0.3 is 15.5 Å². The second kappa shape index (κ2) is 8.29. The van der Waals surface area contributed by atoms with E-state index < -0.39 is 0 Å². The van der Waals surface area contributed by atoms with Crippen molar-refractivity contribution in [1.29, 1.82) is 0 Å². The van der Waals surface area contributed by atoms with Crippen LogP contribution in [0.1, 0.15) is 33.1 Å². The maximum Gasteiger partial charge on any atom is 0.191 e. The minimum absolute atomic E-state index is 0. The maximum atomic E-state index is 4.75. The molecule has 0 aromatic rings. The highest BCUT2D eigenvalue weighted by atomic mass is 127. The third-order valence-corrected chi connectivity index (χ3v) is 4.12. The summed E-state index contributed by atoms with van der Waals surface area (Å²) >= 11 is 0. The predicted octanol–water partition coefficient (Wildman–Crippen LogP) is 1.91. The van der Waals surface area contributed by atoms with Gasteiger partial charge in [0.05, 0.1) is 0 Å². The summed E-state index contributed by atoms with van der Waals surface area (Å²) in [5, 5.41) is 6.87. The predicted molar refractivity (Wildman–Crippen MR) is 92.3 cm³/mol. The topological polar surface area (TPSA) is 39.7 Å². The molecule has 0 spiro atoms. The first-order valence-corrected chi connectivity index (χ1v) is 7.42. The highest BCUT2D eigenvalue weighted by Crippen LogP contribution is 2.28. The SMILES string of the molecule is CCNC(=NCC1CCN(C)CC1)NC1CC1C.I. The Kier molecular flexibility index (Phi) is 7.42. The maximum absolute atomic E-state index is 4.75. The van der Waals surface area contributed by atoms with E-state index in [0.717, 1.165) is 30.9 Å². The van der Waals surface area contributed by atoms with Crippen molar-refractivity contribution in [2.24, 2.45) is 16.8 Å². The van der Waals surface area contributed by atoms with Crippen molar-refractivity contribution in [1.82, 2.24) is 15.5 Å². The summed E-state index contributed by atoms with van der Waals surface area (Å²) < 4.78 is 0. The molecular formula is C14H29IN4. The summed E-state index contributed by atoms with van der Waals surface area (Å²) in [6, 6.07) is 0.653. The van der Waals surface area contributed by atoms with Crippen molar-refractivity contribution in [3.8, 4) is 0 Å². The molecule has 112 valence electrons. The lowest BCUT2D eigenvalue weighted by Crippen LogP contribution is -2.40. The number of nitrogens with one attached hydrogen (secondary N) is 2. The minimum Gasteiger partial charge on any atom is -0.357 e. The average molecular weight is 380 g/mol. The first kappa shape index (κ1) is 17.0. The van der Waals surface area contributed by atoms with Crippen LogP contribution in [0.2, 0.25) is 0 Å². The van der Waals surface area contributed by atoms with Crippen molar-refractivity contribution in [3.63, 3.8) is 0 Å². The Morgan fingerprint density at radius 2 is 1.95 bits per heavy atom. The summed E-state index contributed by atoms with van der Waals surface area (Å²) in [5.41, 5.74) is 0. The molecule has 4 nitrogen and oxygen atoms in total. The monoisotopic (exact) mass is 380 g/mol. The standard InChI is InChI=1S/C14H28N4.HI/c1-4-15-14(17-13-9-11(13)2)16-10-12-5-7-18(3)8-6-12;/h11-13H,4-10H2,1-3H3,(H2,15,16,17);1H. The molecule has 1 aliphatic heterocycles. The number of hydrogen-bond donors (Lipinski definition) is 2. The Bertz CT molecular complexity index is 287. The number of rotatable bonds is 4. The van der Waals surface area contributed by atoms with Crippen LogP contribution < -0.4 is 10.6 Å². The van der Waals surface area contributed by atoms with Gasteiger partial charge in [-0.15, -0.1) is 24.0 Å². The number of guanidine groups is 1. The van der Waals surface area contributed by atoms with Gasteiger partial charge in [-0.1, -0.05) is 6.92 Å². The van der Waals surface area contributed by atoms with Crippen molar-refractivity contribution in [2.45, 2.75) is 39.2 Å². The lowest BCUT2D eigenvalue weighted by atomic mass is 9.97. The summed E-state index contributed by atoms with van der Waals surface area (Å²) in [6.45, 7) is 8.79. The fourth-order valence-corrected chi connectivity index (χ4v) is 2.48. The van der Waals surface area contributed by atoms with Crippen LogP contribution in [-0.4, -0.2) is 50.1 Å². The van der Waals surface area contributed by atoms with Gasteiger partial charge in [-0.2, -0.15) is 0 Å². The zero-order chi connectivity index (χ0) is 13.0. The molecule has 19 heavy (non-hydrogen) atoms. The fourth-order valence-electron chi connectivity index (χ4n) is 2.48. The van der Waals surface area contributed by atoms with E-state index in [2.05, 4.69) is 36.4 Å². The molecule has 0 radical (unpaired) electrons. The zero-order valence-electron chi connectivity index (χ0n) is 12.5. The molecule has 0 amide bonds. The van der Waals surface area contributed by atoms with Gasteiger partial charge in [0.2, 0.25) is 0 Å². The largest absolute Gasteiger partial charge is 0.357 e. The number of nitrogens with zero attached hydrogens (tertiary/aromatic N) is 2. The van der Waals surface area contributed by atoms with Crippen molar-refractivity contribution >= 4 is 29.9 Å². The van der Waals surface area contributed by atoms with Gasteiger partial charge in [0.15, 0.2) is 5.96 Å². The molecule has 1 saturated carbocycles. The summed E-state index contributed by atoms with van der Waals surface area (Å²) in [6.07, 6.45) is 3.87. The van der Waals surface area contributed by atoms with Gasteiger partial charge in [-0.3, -0.25) is 4.99 Å². The highest BCUT2D eigenvalue weighted by molar-refractivity contribution is 14.0. The Morgan fingerprint density at radius 1 is 1.32 bits per heavy atom. The minimum atomic E-state index is 0. The first-order valence-electron chi connectivity index (χ1n) is 7.42. The van der Waals surface area contributed by atoms with E-state index in [4.69, 9.17) is 4.99 Å². The zero-order valence-corrected chi connectivity index (χ0v) is 14.8. The van der Waals surface area contributed by atoms with Crippen LogP contribution in [0.15, 0.2) is 4.99 Å². The molecule has 0 aromatic carbocycles. The van der Waals surface area contributed by atoms with Crippen LogP contribution in [0.5, 0.6) is 0 Å². The van der Waals surface area contributed by atoms with Crippen LogP contribution in [0.3, 0.4) is 0 Å². The molecule has 1 heterocycles. The molecule has 1 saturated heterocycles. The molecule has 0 aromatic heterocycles. The van der Waals surface area contributed by atoms with E-state index in [1.165, 1.54) is 32.4 Å². The molecule has 5 heteroatoms. The van der Waals surface area contributed by atoms with Crippen molar-refractivity contribution in [3.05, 3.63) is 0 Å². The normalized spacial score (nSPS) is 28.7. The second-order valence-corrected chi connectivity index (χ2v) is 5.93. The Balaban J connectivity index is 0.00000180. The lowest BCUT2D eigenvalue weighted by molar-refractivity contribution is 0.223. The molecule has 2 fully saturated rings. The van der Waals surface area contributed by atoms with Gasteiger partial charge >= 0.3 is 0 Å². The number of aliphatic imine (C=N–C) groups is 1. The van der Waals surface area contributed by atoms with E-state index >= 15 is 0 Å². The Hall–Kier alpha value is -0.0400. The van der Waals surface area contributed by atoms with Crippen molar-refractivity contribution < 1.29 is 0 Å². The molecule has 2 atom stereocenters. The van der Waals surface area contributed by atoms with E-state index in [-0.39, 0.29) is 24.0 Å².